The normalized spacial score (nSPS) is 10.6. The quantitative estimate of drug-likeness (QED) is 0.878. The molecule has 0 heterocycles. The van der Waals surface area contributed by atoms with Gasteiger partial charge in [0.1, 0.15) is 0 Å². The minimum atomic E-state index is 0.0959. The second-order valence-electron chi connectivity index (χ2n) is 4.20. The number of benzene rings is 2. The SMILES string of the molecule is Cc1c(Br)ccc(-c2ccc(CO)cc2)c1C. The Labute approximate surface area is 110 Å². The molecule has 0 radical (unpaired) electrons. The molecule has 2 aromatic rings. The zero-order valence-electron chi connectivity index (χ0n) is 10.00. The Morgan fingerprint density at radius 3 is 2.18 bits per heavy atom. The number of aliphatic hydroxyl groups is 1. The highest BCUT2D eigenvalue weighted by molar-refractivity contribution is 9.10. The molecule has 0 aromatic heterocycles. The van der Waals surface area contributed by atoms with Crippen LogP contribution in [-0.2, 0) is 6.61 Å². The summed E-state index contributed by atoms with van der Waals surface area (Å²) in [5.41, 5.74) is 5.94. The molecule has 2 rings (SSSR count). The van der Waals surface area contributed by atoms with Crippen molar-refractivity contribution < 1.29 is 5.11 Å². The van der Waals surface area contributed by atoms with Crippen molar-refractivity contribution in [1.29, 1.82) is 0 Å². The number of aliphatic hydroxyl groups excluding tert-OH is 1. The van der Waals surface area contributed by atoms with Gasteiger partial charge < -0.3 is 5.11 Å². The fourth-order valence-electron chi connectivity index (χ4n) is 1.89. The van der Waals surface area contributed by atoms with Gasteiger partial charge in [0.2, 0.25) is 0 Å². The lowest BCUT2D eigenvalue weighted by atomic mass is 9.96. The van der Waals surface area contributed by atoms with Gasteiger partial charge in [-0.15, -0.1) is 0 Å². The number of halogens is 1. The molecule has 88 valence electrons. The molecular formula is C15H15BrO. The largest absolute Gasteiger partial charge is 0.392 e. The van der Waals surface area contributed by atoms with Crippen LogP contribution in [0.5, 0.6) is 0 Å². The van der Waals surface area contributed by atoms with E-state index in [9.17, 15) is 0 Å². The minimum absolute atomic E-state index is 0.0959. The third-order valence-corrected chi connectivity index (χ3v) is 4.03. The molecule has 0 saturated carbocycles. The monoisotopic (exact) mass is 290 g/mol. The fourth-order valence-corrected chi connectivity index (χ4v) is 2.32. The lowest BCUT2D eigenvalue weighted by molar-refractivity contribution is 0.282. The molecule has 1 N–H and O–H groups in total. The maximum Gasteiger partial charge on any atom is 0.0681 e. The summed E-state index contributed by atoms with van der Waals surface area (Å²) < 4.78 is 1.14. The Kier molecular flexibility index (Phi) is 3.65. The van der Waals surface area contributed by atoms with Gasteiger partial charge in [-0.2, -0.15) is 0 Å². The number of hydrogen-bond donors (Lipinski definition) is 1. The van der Waals surface area contributed by atoms with Crippen molar-refractivity contribution in [2.75, 3.05) is 0 Å². The van der Waals surface area contributed by atoms with E-state index in [1.165, 1.54) is 22.3 Å². The van der Waals surface area contributed by atoms with Crippen molar-refractivity contribution in [3.8, 4) is 11.1 Å². The average molecular weight is 291 g/mol. The Hall–Kier alpha value is -1.12. The standard InChI is InChI=1S/C15H15BrO/c1-10-11(2)15(16)8-7-14(10)13-5-3-12(9-17)4-6-13/h3-8,17H,9H2,1-2H3. The third kappa shape index (κ3) is 2.43. The molecule has 2 heteroatoms. The van der Waals surface area contributed by atoms with Gasteiger partial charge in [-0.25, -0.2) is 0 Å². The molecule has 0 aliphatic carbocycles. The molecule has 0 aliphatic heterocycles. The van der Waals surface area contributed by atoms with E-state index in [4.69, 9.17) is 5.11 Å². The molecule has 2 aromatic carbocycles. The van der Waals surface area contributed by atoms with Crippen molar-refractivity contribution >= 4 is 15.9 Å². The van der Waals surface area contributed by atoms with Gasteiger partial charge in [0.15, 0.2) is 0 Å². The minimum Gasteiger partial charge on any atom is -0.392 e. The van der Waals surface area contributed by atoms with E-state index in [1.54, 1.807) is 0 Å². The first-order valence-corrected chi connectivity index (χ1v) is 6.38. The smallest absolute Gasteiger partial charge is 0.0681 e. The highest BCUT2D eigenvalue weighted by Gasteiger charge is 2.06. The first-order chi connectivity index (χ1) is 8.13. The van der Waals surface area contributed by atoms with Crippen LogP contribution in [0.2, 0.25) is 0 Å². The van der Waals surface area contributed by atoms with Crippen molar-refractivity contribution in [2.24, 2.45) is 0 Å². The van der Waals surface area contributed by atoms with E-state index in [1.807, 2.05) is 12.1 Å². The van der Waals surface area contributed by atoms with Crippen molar-refractivity contribution in [1.82, 2.24) is 0 Å². The Bertz CT molecular complexity index is 529. The van der Waals surface area contributed by atoms with E-state index in [2.05, 4.69) is 54.0 Å². The summed E-state index contributed by atoms with van der Waals surface area (Å²) >= 11 is 3.54. The lowest BCUT2D eigenvalue weighted by Crippen LogP contribution is -1.89. The summed E-state index contributed by atoms with van der Waals surface area (Å²) in [4.78, 5) is 0. The van der Waals surface area contributed by atoms with Crippen LogP contribution in [0.15, 0.2) is 40.9 Å². The second-order valence-corrected chi connectivity index (χ2v) is 5.05. The second kappa shape index (κ2) is 5.03. The predicted molar refractivity (Wildman–Crippen MR) is 75.0 cm³/mol. The van der Waals surface area contributed by atoms with Gasteiger partial charge in [0, 0.05) is 4.47 Å². The summed E-state index contributed by atoms with van der Waals surface area (Å²) in [6.07, 6.45) is 0. The first-order valence-electron chi connectivity index (χ1n) is 5.59. The van der Waals surface area contributed by atoms with Gasteiger partial charge in [-0.05, 0) is 47.7 Å². The van der Waals surface area contributed by atoms with E-state index in [0.29, 0.717) is 0 Å². The zero-order valence-corrected chi connectivity index (χ0v) is 11.6. The summed E-state index contributed by atoms with van der Waals surface area (Å²) in [5, 5.41) is 9.03. The van der Waals surface area contributed by atoms with Crippen LogP contribution in [0.25, 0.3) is 11.1 Å². The summed E-state index contributed by atoms with van der Waals surface area (Å²) in [7, 11) is 0. The van der Waals surface area contributed by atoms with Gasteiger partial charge in [0.25, 0.3) is 0 Å². The Balaban J connectivity index is 2.49. The fraction of sp³-hybridized carbons (Fsp3) is 0.200. The molecule has 0 saturated heterocycles. The molecule has 0 amide bonds. The third-order valence-electron chi connectivity index (χ3n) is 3.17. The van der Waals surface area contributed by atoms with Gasteiger partial charge in [0.05, 0.1) is 6.61 Å². The first kappa shape index (κ1) is 12.3. The number of rotatable bonds is 2. The maximum absolute atomic E-state index is 9.03. The Morgan fingerprint density at radius 2 is 1.59 bits per heavy atom. The van der Waals surface area contributed by atoms with Crippen LogP contribution >= 0.6 is 15.9 Å². The van der Waals surface area contributed by atoms with Crippen LogP contribution in [0.4, 0.5) is 0 Å². The molecule has 1 nitrogen and oxygen atoms in total. The van der Waals surface area contributed by atoms with E-state index in [0.717, 1.165) is 10.0 Å². The number of hydrogen-bond acceptors (Lipinski definition) is 1. The molecule has 0 spiro atoms. The predicted octanol–water partition coefficient (Wildman–Crippen LogP) is 4.23. The molecule has 0 fully saturated rings. The Morgan fingerprint density at radius 1 is 0.941 bits per heavy atom. The van der Waals surface area contributed by atoms with E-state index < -0.39 is 0 Å². The van der Waals surface area contributed by atoms with Crippen LogP contribution in [-0.4, -0.2) is 5.11 Å². The van der Waals surface area contributed by atoms with Gasteiger partial charge in [-0.3, -0.25) is 0 Å². The van der Waals surface area contributed by atoms with E-state index in [-0.39, 0.29) is 6.61 Å². The summed E-state index contributed by atoms with van der Waals surface area (Å²) in [6, 6.07) is 12.2. The van der Waals surface area contributed by atoms with Crippen molar-refractivity contribution in [3.63, 3.8) is 0 Å². The molecule has 0 aliphatic rings. The van der Waals surface area contributed by atoms with Crippen LogP contribution in [0.3, 0.4) is 0 Å². The highest BCUT2D eigenvalue weighted by atomic mass is 79.9. The maximum atomic E-state index is 9.03. The molecule has 17 heavy (non-hydrogen) atoms. The van der Waals surface area contributed by atoms with Crippen LogP contribution in [0.1, 0.15) is 16.7 Å². The molecule has 0 atom stereocenters. The van der Waals surface area contributed by atoms with Crippen molar-refractivity contribution in [2.45, 2.75) is 20.5 Å². The van der Waals surface area contributed by atoms with Crippen LogP contribution in [0, 0.1) is 13.8 Å². The summed E-state index contributed by atoms with van der Waals surface area (Å²) in [5.74, 6) is 0. The van der Waals surface area contributed by atoms with Crippen LogP contribution < -0.4 is 0 Å². The van der Waals surface area contributed by atoms with E-state index >= 15 is 0 Å². The molecular weight excluding hydrogens is 276 g/mol. The molecule has 0 unspecified atom stereocenters. The van der Waals surface area contributed by atoms with Gasteiger partial charge in [-0.1, -0.05) is 46.3 Å². The topological polar surface area (TPSA) is 20.2 Å². The average Bonchev–Trinajstić information content (AvgIpc) is 2.36. The van der Waals surface area contributed by atoms with Gasteiger partial charge >= 0.3 is 0 Å². The van der Waals surface area contributed by atoms with Crippen molar-refractivity contribution in [3.05, 3.63) is 57.6 Å². The molecule has 0 bridgehead atoms. The lowest BCUT2D eigenvalue weighted by Gasteiger charge is -2.11. The zero-order chi connectivity index (χ0) is 12.4. The highest BCUT2D eigenvalue weighted by Crippen LogP contribution is 2.30. The summed E-state index contributed by atoms with van der Waals surface area (Å²) in [6.45, 7) is 4.35.